The molecule has 2 rings (SSSR count). The zero-order valence-electron chi connectivity index (χ0n) is 7.63. The van der Waals surface area contributed by atoms with Crippen molar-refractivity contribution in [3.8, 4) is 0 Å². The molecule has 1 aromatic carbocycles. The van der Waals surface area contributed by atoms with Gasteiger partial charge in [0.15, 0.2) is 0 Å². The fourth-order valence-electron chi connectivity index (χ4n) is 1.55. The predicted molar refractivity (Wildman–Crippen MR) is 57.1 cm³/mol. The van der Waals surface area contributed by atoms with Crippen molar-refractivity contribution < 1.29 is 0 Å². The molecule has 0 atom stereocenters. The van der Waals surface area contributed by atoms with Gasteiger partial charge in [-0.25, -0.2) is 0 Å². The summed E-state index contributed by atoms with van der Waals surface area (Å²) in [5.41, 5.74) is 2.46. The molecule has 1 aromatic rings. The van der Waals surface area contributed by atoms with Crippen LogP contribution in [0, 0.1) is 0 Å². The minimum Gasteiger partial charge on any atom is -0.300 e. The van der Waals surface area contributed by atoms with Gasteiger partial charge >= 0.3 is 0 Å². The highest BCUT2D eigenvalue weighted by molar-refractivity contribution is 9.10. The number of nitrogens with zero attached hydrogens (tertiary/aromatic N) is 2. The van der Waals surface area contributed by atoms with Crippen molar-refractivity contribution >= 4 is 21.6 Å². The zero-order chi connectivity index (χ0) is 9.26. The van der Waals surface area contributed by atoms with Gasteiger partial charge in [0.05, 0.1) is 12.2 Å². The topological polar surface area (TPSA) is 17.3 Å². The Labute approximate surface area is 87.1 Å². The van der Waals surface area contributed by atoms with Crippen molar-refractivity contribution in [1.29, 1.82) is 0 Å². The molecule has 0 amide bonds. The molecule has 0 saturated carbocycles. The molecule has 3 heteroatoms. The predicted octanol–water partition coefficient (Wildman–Crippen LogP) is 2.13. The molecular formula is C10H12BrN2. The summed E-state index contributed by atoms with van der Waals surface area (Å²) in [6, 6.07) is 6.28. The lowest BCUT2D eigenvalue weighted by Gasteiger charge is -2.12. The van der Waals surface area contributed by atoms with Crippen LogP contribution in [0.1, 0.15) is 5.56 Å². The van der Waals surface area contributed by atoms with Crippen LogP contribution in [-0.4, -0.2) is 25.0 Å². The molecule has 0 bridgehead atoms. The summed E-state index contributed by atoms with van der Waals surface area (Å²) < 4.78 is 1.14. The summed E-state index contributed by atoms with van der Waals surface area (Å²) in [6.45, 7) is 2.95. The van der Waals surface area contributed by atoms with Gasteiger partial charge in [0.1, 0.15) is 0 Å². The van der Waals surface area contributed by atoms with Crippen LogP contribution < -0.4 is 5.32 Å². The standard InChI is InChI=1S/C10H12BrN2/c1-13-5-4-12-10-3-2-9(11)6-8(10)7-13/h2-3,6H,4-5,7H2,1H3. The molecule has 69 valence electrons. The van der Waals surface area contributed by atoms with Crippen LogP contribution in [0.2, 0.25) is 0 Å². The Kier molecular flexibility index (Phi) is 2.56. The molecule has 0 aliphatic carbocycles. The molecule has 1 heterocycles. The van der Waals surface area contributed by atoms with Crippen molar-refractivity contribution in [3.05, 3.63) is 28.2 Å². The maximum atomic E-state index is 4.52. The lowest BCUT2D eigenvalue weighted by Crippen LogP contribution is -2.20. The lowest BCUT2D eigenvalue weighted by atomic mass is 10.2. The Morgan fingerprint density at radius 3 is 3.15 bits per heavy atom. The first-order valence-corrected chi connectivity index (χ1v) is 5.19. The van der Waals surface area contributed by atoms with Crippen LogP contribution in [0.15, 0.2) is 22.7 Å². The maximum Gasteiger partial charge on any atom is 0.0620 e. The summed E-state index contributed by atoms with van der Waals surface area (Å²) in [7, 11) is 2.13. The van der Waals surface area contributed by atoms with E-state index < -0.39 is 0 Å². The number of benzene rings is 1. The molecule has 0 N–H and O–H groups in total. The highest BCUT2D eigenvalue weighted by Gasteiger charge is 2.11. The zero-order valence-corrected chi connectivity index (χ0v) is 9.21. The summed E-state index contributed by atoms with van der Waals surface area (Å²) in [5, 5.41) is 4.52. The van der Waals surface area contributed by atoms with E-state index >= 15 is 0 Å². The van der Waals surface area contributed by atoms with Gasteiger partial charge in [-0.2, -0.15) is 0 Å². The minimum absolute atomic E-state index is 0.908. The first-order chi connectivity index (χ1) is 6.25. The molecule has 1 radical (unpaired) electrons. The number of fused-ring (bicyclic) bond motifs is 1. The van der Waals surface area contributed by atoms with Gasteiger partial charge in [0, 0.05) is 17.6 Å². The van der Waals surface area contributed by atoms with Crippen molar-refractivity contribution in [2.75, 3.05) is 20.1 Å². The number of hydrogen-bond donors (Lipinski definition) is 0. The largest absolute Gasteiger partial charge is 0.300 e. The van der Waals surface area contributed by atoms with E-state index in [0.29, 0.717) is 0 Å². The molecule has 13 heavy (non-hydrogen) atoms. The molecule has 0 unspecified atom stereocenters. The fraction of sp³-hybridized carbons (Fsp3) is 0.400. The molecule has 1 aliphatic rings. The lowest BCUT2D eigenvalue weighted by molar-refractivity contribution is 0.340. The molecule has 1 aliphatic heterocycles. The Bertz CT molecular complexity index is 312. The monoisotopic (exact) mass is 239 g/mol. The van der Waals surface area contributed by atoms with Gasteiger partial charge in [-0.3, -0.25) is 5.32 Å². The average Bonchev–Trinajstić information content (AvgIpc) is 2.25. The van der Waals surface area contributed by atoms with Gasteiger partial charge in [-0.05, 0) is 30.8 Å². The number of likely N-dealkylation sites (N-methyl/N-ethyl adjacent to an activating group) is 1. The van der Waals surface area contributed by atoms with Crippen LogP contribution in [0.4, 0.5) is 5.69 Å². The molecule has 2 nitrogen and oxygen atoms in total. The van der Waals surface area contributed by atoms with E-state index in [1.807, 2.05) is 6.07 Å². The number of rotatable bonds is 0. The highest BCUT2D eigenvalue weighted by atomic mass is 79.9. The van der Waals surface area contributed by atoms with E-state index in [1.165, 1.54) is 5.56 Å². The number of hydrogen-bond acceptors (Lipinski definition) is 1. The Hall–Kier alpha value is -0.540. The van der Waals surface area contributed by atoms with E-state index in [0.717, 1.165) is 29.8 Å². The molecular weight excluding hydrogens is 228 g/mol. The second-order valence-corrected chi connectivity index (χ2v) is 4.31. The van der Waals surface area contributed by atoms with Crippen molar-refractivity contribution in [1.82, 2.24) is 10.2 Å². The third-order valence-electron chi connectivity index (χ3n) is 2.25. The SMILES string of the molecule is CN1CC[N]c2ccc(Br)cc2C1. The highest BCUT2D eigenvalue weighted by Crippen LogP contribution is 2.23. The summed E-state index contributed by atoms with van der Waals surface area (Å²) in [5.74, 6) is 0. The van der Waals surface area contributed by atoms with Crippen molar-refractivity contribution in [2.24, 2.45) is 0 Å². The van der Waals surface area contributed by atoms with Crippen LogP contribution >= 0.6 is 15.9 Å². The second-order valence-electron chi connectivity index (χ2n) is 3.39. The normalized spacial score (nSPS) is 17.4. The average molecular weight is 240 g/mol. The third-order valence-corrected chi connectivity index (χ3v) is 2.74. The van der Waals surface area contributed by atoms with E-state index in [4.69, 9.17) is 0 Å². The third kappa shape index (κ3) is 2.03. The van der Waals surface area contributed by atoms with E-state index in [1.54, 1.807) is 0 Å². The van der Waals surface area contributed by atoms with Crippen molar-refractivity contribution in [3.63, 3.8) is 0 Å². The molecule has 0 aromatic heterocycles. The Balaban J connectivity index is 2.35. The van der Waals surface area contributed by atoms with Crippen LogP contribution in [0.5, 0.6) is 0 Å². The molecule has 0 spiro atoms. The maximum absolute atomic E-state index is 4.52. The quantitative estimate of drug-likeness (QED) is 0.679. The smallest absolute Gasteiger partial charge is 0.0620 e. The van der Waals surface area contributed by atoms with Gasteiger partial charge in [-0.15, -0.1) is 0 Å². The van der Waals surface area contributed by atoms with E-state index in [2.05, 4.69) is 45.3 Å². The van der Waals surface area contributed by atoms with Crippen molar-refractivity contribution in [2.45, 2.75) is 6.54 Å². The summed E-state index contributed by atoms with van der Waals surface area (Å²) >= 11 is 3.48. The van der Waals surface area contributed by atoms with Crippen LogP contribution in [-0.2, 0) is 6.54 Å². The molecule has 0 fully saturated rings. The second kappa shape index (κ2) is 3.68. The first kappa shape index (κ1) is 9.03. The van der Waals surface area contributed by atoms with Gasteiger partial charge < -0.3 is 4.90 Å². The summed E-state index contributed by atoms with van der Waals surface area (Å²) in [6.07, 6.45) is 0. The van der Waals surface area contributed by atoms with Gasteiger partial charge in [-0.1, -0.05) is 15.9 Å². The van der Waals surface area contributed by atoms with Crippen LogP contribution in [0.3, 0.4) is 0 Å². The number of halogens is 1. The first-order valence-electron chi connectivity index (χ1n) is 4.40. The van der Waals surface area contributed by atoms with Gasteiger partial charge in [0.25, 0.3) is 0 Å². The Morgan fingerprint density at radius 1 is 1.46 bits per heavy atom. The Morgan fingerprint density at radius 2 is 2.31 bits per heavy atom. The molecule has 0 saturated heterocycles. The van der Waals surface area contributed by atoms with Gasteiger partial charge in [0.2, 0.25) is 0 Å². The van der Waals surface area contributed by atoms with E-state index in [9.17, 15) is 0 Å². The fourth-order valence-corrected chi connectivity index (χ4v) is 1.95. The summed E-state index contributed by atoms with van der Waals surface area (Å²) in [4.78, 5) is 2.29. The van der Waals surface area contributed by atoms with Crippen LogP contribution in [0.25, 0.3) is 0 Å². The minimum atomic E-state index is 0.908. The van der Waals surface area contributed by atoms with E-state index in [-0.39, 0.29) is 0 Å².